The lowest BCUT2D eigenvalue weighted by Gasteiger charge is -2.58. The van der Waals surface area contributed by atoms with E-state index in [0.717, 1.165) is 0 Å². The summed E-state index contributed by atoms with van der Waals surface area (Å²) < 4.78 is 0. The van der Waals surface area contributed by atoms with Crippen molar-refractivity contribution >= 4 is 11.4 Å². The van der Waals surface area contributed by atoms with Crippen molar-refractivity contribution in [2.45, 2.75) is 30.4 Å². The lowest BCUT2D eigenvalue weighted by Crippen LogP contribution is -2.64. The van der Waals surface area contributed by atoms with Crippen molar-refractivity contribution in [3.8, 4) is 18.2 Å². The molecule has 3 fully saturated rings. The van der Waals surface area contributed by atoms with Crippen LogP contribution in [0, 0.1) is 59.6 Å². The Kier molecular flexibility index (Phi) is 5.25. The summed E-state index contributed by atoms with van der Waals surface area (Å²) in [4.78, 5) is 21.6. The Labute approximate surface area is 193 Å². The van der Waals surface area contributed by atoms with Gasteiger partial charge in [0, 0.05) is 48.9 Å². The van der Waals surface area contributed by atoms with E-state index in [1.807, 2.05) is 0 Å². The van der Waals surface area contributed by atoms with Gasteiger partial charge in [-0.3, -0.25) is 20.2 Å². The fourth-order valence-corrected chi connectivity index (χ4v) is 5.20. The lowest BCUT2D eigenvalue weighted by atomic mass is 9.50. The number of hydrogen-bond donors (Lipinski definition) is 2. The van der Waals surface area contributed by atoms with E-state index in [0.29, 0.717) is 11.1 Å². The third kappa shape index (κ3) is 3.30. The first-order valence-electron chi connectivity index (χ1n) is 10.1. The number of nitrogens with one attached hydrogen (secondary N) is 1. The maximum atomic E-state index is 11.4. The predicted molar refractivity (Wildman–Crippen MR) is 115 cm³/mol. The number of rotatable bonds is 4. The minimum atomic E-state index is -1.67. The molecule has 2 aromatic rings. The highest BCUT2D eigenvalue weighted by atomic mass is 16.6. The van der Waals surface area contributed by atoms with E-state index in [4.69, 9.17) is 0 Å². The van der Waals surface area contributed by atoms with Crippen molar-refractivity contribution < 1.29 is 15.0 Å². The average Bonchev–Trinajstić information content (AvgIpc) is 2.84. The van der Waals surface area contributed by atoms with E-state index >= 15 is 0 Å². The minimum Gasteiger partial charge on any atom is -0.371 e. The molecule has 11 nitrogen and oxygen atoms in total. The van der Waals surface area contributed by atoms with Crippen LogP contribution < -0.4 is 5.32 Å². The first kappa shape index (κ1) is 22.4. The first-order valence-corrected chi connectivity index (χ1v) is 10.1. The minimum absolute atomic E-state index is 0.0270. The van der Waals surface area contributed by atoms with Gasteiger partial charge < -0.3 is 10.4 Å². The maximum Gasteiger partial charge on any atom is 0.269 e. The second-order valence-electron chi connectivity index (χ2n) is 8.33. The third-order valence-electron chi connectivity index (χ3n) is 6.58. The van der Waals surface area contributed by atoms with E-state index in [9.17, 15) is 41.1 Å². The van der Waals surface area contributed by atoms with Crippen LogP contribution >= 0.6 is 0 Å². The molecule has 5 rings (SSSR count). The van der Waals surface area contributed by atoms with Crippen LogP contribution in [0.1, 0.15) is 35.8 Å². The van der Waals surface area contributed by atoms with E-state index in [2.05, 4.69) is 11.4 Å². The molecule has 168 valence electrons. The summed E-state index contributed by atoms with van der Waals surface area (Å²) in [5.41, 5.74) is -3.49. The van der Waals surface area contributed by atoms with E-state index in [-0.39, 0.29) is 29.9 Å². The van der Waals surface area contributed by atoms with Crippen LogP contribution in [0.15, 0.2) is 59.8 Å². The molecule has 2 aromatic carbocycles. The molecule has 2 heterocycles. The van der Waals surface area contributed by atoms with E-state index in [1.165, 1.54) is 36.4 Å². The van der Waals surface area contributed by atoms with Gasteiger partial charge in [0.25, 0.3) is 11.4 Å². The van der Waals surface area contributed by atoms with Crippen molar-refractivity contribution in [1.29, 1.82) is 15.8 Å². The van der Waals surface area contributed by atoms with Crippen LogP contribution in [0.3, 0.4) is 0 Å². The second kappa shape index (κ2) is 7.96. The molecule has 2 bridgehead atoms. The molecule has 11 heteroatoms. The van der Waals surface area contributed by atoms with Gasteiger partial charge in [-0.25, -0.2) is 0 Å². The van der Waals surface area contributed by atoms with Gasteiger partial charge in [-0.15, -0.1) is 0 Å². The van der Waals surface area contributed by atoms with Crippen LogP contribution in [-0.2, 0) is 0 Å². The standard InChI is InChI=1S/C23H16N6O5/c24-11-16(12-25)21-23(13-26)19(14-3-1-5-17(7-14)28(31)32)9-22(30,27-21)10-20(23)15-4-2-6-18(8-15)29(33)34/h1-8,19-20,27,30H,9-10H2. The van der Waals surface area contributed by atoms with Crippen LogP contribution in [0.25, 0.3) is 0 Å². The second-order valence-corrected chi connectivity index (χ2v) is 8.33. The number of hydrogen-bond acceptors (Lipinski definition) is 9. The molecule has 2 N–H and O–H groups in total. The fourth-order valence-electron chi connectivity index (χ4n) is 5.20. The summed E-state index contributed by atoms with van der Waals surface area (Å²) in [6.45, 7) is 0. The zero-order chi connectivity index (χ0) is 24.7. The number of non-ortho nitro benzene ring substituents is 2. The Hall–Kier alpha value is -4.79. The molecule has 34 heavy (non-hydrogen) atoms. The predicted octanol–water partition coefficient (Wildman–Crippen LogP) is 3.27. The highest BCUT2D eigenvalue weighted by Crippen LogP contribution is 2.64. The molecule has 0 radical (unpaired) electrons. The normalized spacial score (nSPS) is 26.9. The number of aliphatic hydroxyl groups is 1. The molecule has 1 aliphatic carbocycles. The number of nitrogens with zero attached hydrogens (tertiary/aromatic N) is 5. The lowest BCUT2D eigenvalue weighted by molar-refractivity contribution is -0.385. The van der Waals surface area contributed by atoms with Crippen LogP contribution in [0.5, 0.6) is 0 Å². The third-order valence-corrected chi connectivity index (χ3v) is 6.58. The quantitative estimate of drug-likeness (QED) is 0.395. The number of fused-ring (bicyclic) bond motifs is 3. The van der Waals surface area contributed by atoms with Gasteiger partial charge >= 0.3 is 0 Å². The van der Waals surface area contributed by atoms with Gasteiger partial charge in [0.2, 0.25) is 0 Å². The highest BCUT2D eigenvalue weighted by molar-refractivity contribution is 5.55. The molecule has 2 atom stereocenters. The number of allylic oxidation sites excluding steroid dienone is 2. The van der Waals surface area contributed by atoms with Crippen molar-refractivity contribution in [3.05, 3.63) is 91.2 Å². The molecule has 2 aliphatic heterocycles. The van der Waals surface area contributed by atoms with Gasteiger partial charge in [-0.1, -0.05) is 24.3 Å². The van der Waals surface area contributed by atoms with Crippen LogP contribution in [0.4, 0.5) is 11.4 Å². The molecular formula is C23H16N6O5. The van der Waals surface area contributed by atoms with E-state index in [1.54, 1.807) is 24.3 Å². The number of nitriles is 3. The fraction of sp³-hybridized carbons (Fsp3) is 0.261. The maximum absolute atomic E-state index is 11.4. The Balaban J connectivity index is 2.03. The topological polar surface area (TPSA) is 190 Å². The molecule has 2 saturated heterocycles. The molecular weight excluding hydrogens is 440 g/mol. The number of piperidine rings is 2. The molecule has 0 aromatic heterocycles. The van der Waals surface area contributed by atoms with Crippen LogP contribution in [0.2, 0.25) is 0 Å². The van der Waals surface area contributed by atoms with Gasteiger partial charge in [-0.05, 0) is 11.1 Å². The molecule has 2 unspecified atom stereocenters. The van der Waals surface area contributed by atoms with Crippen molar-refractivity contribution in [3.63, 3.8) is 0 Å². The SMILES string of the molecule is N#CC(C#N)=C1NC2(O)CC(c3cccc([N+](=O)[O-])c3)C1(C#N)C(c1cccc([N+](=O)[O-])c1)C2. The highest BCUT2D eigenvalue weighted by Gasteiger charge is 2.64. The summed E-state index contributed by atoms with van der Waals surface area (Å²) in [6.07, 6.45) is -0.0540. The molecule has 0 spiro atoms. The number of nitro groups is 2. The Morgan fingerprint density at radius 1 is 0.941 bits per heavy atom. The van der Waals surface area contributed by atoms with Gasteiger partial charge in [0.1, 0.15) is 28.9 Å². The Morgan fingerprint density at radius 2 is 1.41 bits per heavy atom. The van der Waals surface area contributed by atoms with Crippen molar-refractivity contribution in [2.24, 2.45) is 5.41 Å². The molecule has 3 aliphatic rings. The van der Waals surface area contributed by atoms with E-state index < -0.39 is 38.4 Å². The smallest absolute Gasteiger partial charge is 0.269 e. The monoisotopic (exact) mass is 456 g/mol. The summed E-state index contributed by atoms with van der Waals surface area (Å²) >= 11 is 0. The molecule has 1 saturated carbocycles. The van der Waals surface area contributed by atoms with Gasteiger partial charge in [0.05, 0.1) is 21.6 Å². The van der Waals surface area contributed by atoms with Crippen molar-refractivity contribution in [2.75, 3.05) is 0 Å². The Bertz CT molecular complexity index is 1300. The summed E-state index contributed by atoms with van der Waals surface area (Å²) in [7, 11) is 0. The number of nitro benzene ring substituents is 2. The first-order chi connectivity index (χ1) is 16.2. The number of benzene rings is 2. The summed E-state index contributed by atoms with van der Waals surface area (Å²) in [6, 6.07) is 17.0. The summed E-state index contributed by atoms with van der Waals surface area (Å²) in [5, 5.41) is 66.8. The zero-order valence-corrected chi connectivity index (χ0v) is 17.5. The molecule has 0 amide bonds. The Morgan fingerprint density at radius 3 is 1.79 bits per heavy atom. The largest absolute Gasteiger partial charge is 0.371 e. The van der Waals surface area contributed by atoms with Crippen LogP contribution in [-0.4, -0.2) is 20.7 Å². The van der Waals surface area contributed by atoms with Gasteiger partial charge in [-0.2, -0.15) is 15.8 Å². The average molecular weight is 456 g/mol. The van der Waals surface area contributed by atoms with Gasteiger partial charge in [0.15, 0.2) is 0 Å². The zero-order valence-electron chi connectivity index (χ0n) is 17.5. The summed E-state index contributed by atoms with van der Waals surface area (Å²) in [5.74, 6) is -1.71. The van der Waals surface area contributed by atoms with Crippen molar-refractivity contribution in [1.82, 2.24) is 5.32 Å².